The van der Waals surface area contributed by atoms with E-state index in [1.807, 2.05) is 6.92 Å². The van der Waals surface area contributed by atoms with E-state index in [-0.39, 0.29) is 11.6 Å². The second-order valence-corrected chi connectivity index (χ2v) is 8.25. The standard InChI is InChI=1S/C23H25F2N.C2H5N.CHF3/c1-3-4-5-15-12-17(13-15)21-19-10-14(2)11-20(25)23(19)26-22(21)16-6-8-18(24)9-7-16;1-2-3;2-1(3)4/h6-11,15,17,26H,3-5,12-13H2,1-2H3;2H,1,3H2;1H. The van der Waals surface area contributed by atoms with Crippen molar-refractivity contribution in [1.82, 2.24) is 4.98 Å². The molecule has 0 unspecified atom stereocenters. The van der Waals surface area contributed by atoms with Crippen molar-refractivity contribution in [2.45, 2.75) is 58.5 Å². The van der Waals surface area contributed by atoms with Gasteiger partial charge in [0.25, 0.3) is 0 Å². The van der Waals surface area contributed by atoms with Crippen LogP contribution in [0.2, 0.25) is 0 Å². The number of nitrogens with two attached hydrogens (primary N) is 1. The average Bonchev–Trinajstić information content (AvgIpc) is 3.07. The van der Waals surface area contributed by atoms with Gasteiger partial charge in [0.2, 0.25) is 0 Å². The van der Waals surface area contributed by atoms with Crippen LogP contribution in [0.25, 0.3) is 22.2 Å². The van der Waals surface area contributed by atoms with E-state index < -0.39 is 6.68 Å². The summed E-state index contributed by atoms with van der Waals surface area (Å²) >= 11 is 0. The molecule has 1 aliphatic rings. The predicted octanol–water partition coefficient (Wildman–Crippen LogP) is 8.37. The highest BCUT2D eigenvalue weighted by Gasteiger charge is 2.34. The summed E-state index contributed by atoms with van der Waals surface area (Å²) in [5.41, 5.74) is 9.20. The zero-order chi connectivity index (χ0) is 24.5. The molecular weight excluding hydrogens is 435 g/mol. The van der Waals surface area contributed by atoms with Crippen LogP contribution in [0.1, 0.15) is 56.1 Å². The molecule has 3 aromatic rings. The van der Waals surface area contributed by atoms with Gasteiger partial charge in [-0.25, -0.2) is 8.78 Å². The van der Waals surface area contributed by atoms with Crippen molar-refractivity contribution in [2.75, 3.05) is 0 Å². The number of rotatable bonds is 5. The number of nitrogens with one attached hydrogen (secondary N) is 1. The Bertz CT molecular complexity index is 1020. The molecule has 2 aromatic carbocycles. The number of aromatic amines is 1. The summed E-state index contributed by atoms with van der Waals surface area (Å²) in [5, 5.41) is 0.987. The van der Waals surface area contributed by atoms with Gasteiger partial charge in [-0.05, 0) is 90.9 Å². The van der Waals surface area contributed by atoms with Crippen molar-refractivity contribution < 1.29 is 22.0 Å². The van der Waals surface area contributed by atoms with Crippen molar-refractivity contribution in [3.05, 3.63) is 71.9 Å². The molecule has 1 saturated carbocycles. The zero-order valence-corrected chi connectivity index (χ0v) is 19.0. The quantitative estimate of drug-likeness (QED) is 0.364. The highest BCUT2D eigenvalue weighted by molar-refractivity contribution is 5.92. The number of unbranched alkanes of at least 4 members (excludes halogenated alkanes) is 1. The van der Waals surface area contributed by atoms with Gasteiger partial charge < -0.3 is 10.7 Å². The third-order valence-corrected chi connectivity index (χ3v) is 5.79. The summed E-state index contributed by atoms with van der Waals surface area (Å²) in [6.07, 6.45) is 7.38. The Kier molecular flexibility index (Phi) is 9.95. The van der Waals surface area contributed by atoms with Crippen LogP contribution in [-0.4, -0.2) is 11.7 Å². The zero-order valence-electron chi connectivity index (χ0n) is 19.0. The summed E-state index contributed by atoms with van der Waals surface area (Å²) in [5.74, 6) is 0.765. The molecule has 0 saturated heterocycles. The van der Waals surface area contributed by atoms with Crippen molar-refractivity contribution in [2.24, 2.45) is 11.7 Å². The third kappa shape index (κ3) is 7.07. The number of aromatic nitrogens is 1. The molecule has 2 nitrogen and oxygen atoms in total. The second kappa shape index (κ2) is 12.4. The summed E-state index contributed by atoms with van der Waals surface area (Å²) in [6, 6.07) is 10.1. The molecule has 1 aliphatic carbocycles. The van der Waals surface area contributed by atoms with E-state index in [9.17, 15) is 22.0 Å². The molecule has 7 heteroatoms. The topological polar surface area (TPSA) is 41.8 Å². The van der Waals surface area contributed by atoms with E-state index in [4.69, 9.17) is 0 Å². The van der Waals surface area contributed by atoms with E-state index in [1.165, 1.54) is 43.2 Å². The molecular formula is C26H31F5N2. The van der Waals surface area contributed by atoms with Crippen LogP contribution in [0.15, 0.2) is 49.2 Å². The van der Waals surface area contributed by atoms with Crippen molar-refractivity contribution >= 4 is 10.9 Å². The second-order valence-electron chi connectivity index (χ2n) is 8.25. The first-order valence-corrected chi connectivity index (χ1v) is 11.0. The van der Waals surface area contributed by atoms with Gasteiger partial charge in [0.15, 0.2) is 0 Å². The molecule has 0 bridgehead atoms. The van der Waals surface area contributed by atoms with Crippen LogP contribution in [-0.2, 0) is 0 Å². The summed E-state index contributed by atoms with van der Waals surface area (Å²) in [7, 11) is 0. The molecule has 3 N–H and O–H groups in total. The van der Waals surface area contributed by atoms with Crippen LogP contribution in [0.4, 0.5) is 22.0 Å². The molecule has 1 aromatic heterocycles. The number of alkyl halides is 3. The van der Waals surface area contributed by atoms with Crippen molar-refractivity contribution in [1.29, 1.82) is 0 Å². The third-order valence-electron chi connectivity index (χ3n) is 5.79. The van der Waals surface area contributed by atoms with Gasteiger partial charge in [0, 0.05) is 5.39 Å². The van der Waals surface area contributed by atoms with Gasteiger partial charge in [-0.3, -0.25) is 0 Å². The summed E-state index contributed by atoms with van der Waals surface area (Å²) in [6.45, 7) is 3.63. The molecule has 1 fully saturated rings. The monoisotopic (exact) mass is 466 g/mol. The van der Waals surface area contributed by atoms with Crippen LogP contribution >= 0.6 is 0 Å². The summed E-state index contributed by atoms with van der Waals surface area (Å²) < 4.78 is 56.9. The van der Waals surface area contributed by atoms with Crippen LogP contribution in [0, 0.1) is 24.5 Å². The largest absolute Gasteiger partial charge is 0.405 e. The molecule has 0 amide bonds. The molecule has 0 radical (unpaired) electrons. The predicted molar refractivity (Wildman–Crippen MR) is 125 cm³/mol. The number of benzene rings is 2. The lowest BCUT2D eigenvalue weighted by atomic mass is 9.68. The van der Waals surface area contributed by atoms with Gasteiger partial charge in [0.1, 0.15) is 11.6 Å². The molecule has 180 valence electrons. The average molecular weight is 467 g/mol. The lowest BCUT2D eigenvalue weighted by molar-refractivity contribution is 0.00819. The highest BCUT2D eigenvalue weighted by atomic mass is 19.4. The van der Waals surface area contributed by atoms with E-state index in [0.717, 1.165) is 41.0 Å². The molecule has 0 spiro atoms. The van der Waals surface area contributed by atoms with E-state index in [2.05, 4.69) is 30.3 Å². The maximum absolute atomic E-state index is 14.6. The fraction of sp³-hybridized carbons (Fsp3) is 0.385. The first-order chi connectivity index (χ1) is 15.7. The number of hydrogen-bond acceptors (Lipinski definition) is 1. The first-order valence-electron chi connectivity index (χ1n) is 11.0. The number of aryl methyl sites for hydroxylation is 1. The van der Waals surface area contributed by atoms with Gasteiger partial charge >= 0.3 is 6.68 Å². The van der Waals surface area contributed by atoms with Crippen LogP contribution in [0.3, 0.4) is 0 Å². The minimum atomic E-state index is -3.67. The molecule has 0 atom stereocenters. The van der Waals surface area contributed by atoms with Gasteiger partial charge in [-0.15, -0.1) is 0 Å². The maximum atomic E-state index is 14.6. The maximum Gasteiger partial charge on any atom is 0.379 e. The van der Waals surface area contributed by atoms with Crippen LogP contribution in [0.5, 0.6) is 0 Å². The normalized spacial score (nSPS) is 17.0. The Balaban J connectivity index is 0.000000489. The van der Waals surface area contributed by atoms with E-state index in [1.54, 1.807) is 18.2 Å². The fourth-order valence-electron chi connectivity index (χ4n) is 4.38. The Morgan fingerprint density at radius 3 is 2.24 bits per heavy atom. The smallest absolute Gasteiger partial charge is 0.379 e. The number of hydrogen-bond donors (Lipinski definition) is 2. The van der Waals surface area contributed by atoms with Gasteiger partial charge in [-0.2, -0.15) is 13.2 Å². The van der Waals surface area contributed by atoms with Crippen LogP contribution < -0.4 is 5.73 Å². The fourth-order valence-corrected chi connectivity index (χ4v) is 4.38. The SMILES string of the molecule is C=CN.CCCCC1CC(c2c(-c3ccc(F)cc3)[nH]c3c(F)cc(C)cc23)C1.FC(F)F. The van der Waals surface area contributed by atoms with E-state index in [0.29, 0.717) is 11.4 Å². The molecule has 4 rings (SSSR count). The lowest BCUT2D eigenvalue weighted by Crippen LogP contribution is -2.22. The Morgan fingerprint density at radius 1 is 1.12 bits per heavy atom. The van der Waals surface area contributed by atoms with Gasteiger partial charge in [-0.1, -0.05) is 32.8 Å². The Hall–Kier alpha value is -2.83. The lowest BCUT2D eigenvalue weighted by Gasteiger charge is -2.36. The Morgan fingerprint density at radius 2 is 1.70 bits per heavy atom. The number of halogens is 5. The first kappa shape index (κ1) is 26.4. The van der Waals surface area contributed by atoms with E-state index >= 15 is 0 Å². The van der Waals surface area contributed by atoms with Crippen molar-refractivity contribution in [3.8, 4) is 11.3 Å². The minimum Gasteiger partial charge on any atom is -0.405 e. The van der Waals surface area contributed by atoms with Gasteiger partial charge in [0.05, 0.1) is 11.2 Å². The molecule has 0 aliphatic heterocycles. The Labute approximate surface area is 191 Å². The molecule has 1 heterocycles. The highest BCUT2D eigenvalue weighted by Crippen LogP contribution is 2.49. The number of fused-ring (bicyclic) bond motifs is 1. The number of H-pyrrole nitrogens is 1. The van der Waals surface area contributed by atoms with Crippen molar-refractivity contribution in [3.63, 3.8) is 0 Å². The summed E-state index contributed by atoms with van der Waals surface area (Å²) in [4.78, 5) is 3.31. The minimum absolute atomic E-state index is 0.212. The molecule has 33 heavy (non-hydrogen) atoms.